The molecule has 4 aromatic rings. The maximum Gasteiger partial charge on any atom is 0.339 e. The Kier molecular flexibility index (Phi) is 5.15. The minimum absolute atomic E-state index is 0.108. The van der Waals surface area contributed by atoms with Crippen molar-refractivity contribution >= 4 is 46.4 Å². The number of phenols is 1. The number of halogens is 1. The van der Waals surface area contributed by atoms with Gasteiger partial charge in [0.05, 0.1) is 21.7 Å². The van der Waals surface area contributed by atoms with Crippen LogP contribution in [0.4, 0.5) is 0 Å². The van der Waals surface area contributed by atoms with Crippen LogP contribution in [-0.4, -0.2) is 31.2 Å². The van der Waals surface area contributed by atoms with Gasteiger partial charge in [-0.05, 0) is 53.9 Å². The van der Waals surface area contributed by atoms with Gasteiger partial charge in [0, 0.05) is 10.4 Å². The van der Waals surface area contributed by atoms with Crippen LogP contribution in [-0.2, 0) is 0 Å². The van der Waals surface area contributed by atoms with Crippen molar-refractivity contribution in [1.29, 1.82) is 0 Å². The summed E-state index contributed by atoms with van der Waals surface area (Å²) in [7, 11) is 0. The molecule has 0 spiro atoms. The van der Waals surface area contributed by atoms with E-state index in [1.54, 1.807) is 12.1 Å². The number of fused-ring (bicyclic) bond motifs is 1. The van der Waals surface area contributed by atoms with E-state index in [0.29, 0.717) is 5.02 Å². The van der Waals surface area contributed by atoms with Crippen molar-refractivity contribution in [1.82, 2.24) is 3.97 Å². The first kappa shape index (κ1) is 19.9. The van der Waals surface area contributed by atoms with Crippen molar-refractivity contribution < 1.29 is 24.9 Å². The van der Waals surface area contributed by atoms with Gasteiger partial charge in [-0.2, -0.15) is 0 Å². The molecular formula is C22H14ClNO5S. The molecule has 0 aliphatic rings. The number of aromatic hydroxyl groups is 1. The van der Waals surface area contributed by atoms with Crippen molar-refractivity contribution in [2.24, 2.45) is 0 Å². The maximum atomic E-state index is 11.5. The average molecular weight is 440 g/mol. The Labute approximate surface area is 180 Å². The Bertz CT molecular complexity index is 1300. The Balaban J connectivity index is 1.95. The normalized spacial score (nSPS) is 11.0. The average Bonchev–Trinajstić information content (AvgIpc) is 3.07. The second-order valence-corrected chi connectivity index (χ2v) is 7.89. The molecular weight excluding hydrogens is 426 g/mol. The number of benzene rings is 3. The third-order valence-corrected chi connectivity index (χ3v) is 5.85. The lowest BCUT2D eigenvalue weighted by atomic mass is 10.1. The molecule has 0 saturated heterocycles. The highest BCUT2D eigenvalue weighted by molar-refractivity contribution is 7.98. The van der Waals surface area contributed by atoms with Crippen LogP contribution in [0.5, 0.6) is 5.75 Å². The number of carbonyl (C=O) groups is 2. The van der Waals surface area contributed by atoms with E-state index in [2.05, 4.69) is 0 Å². The van der Waals surface area contributed by atoms with Gasteiger partial charge in [0.15, 0.2) is 0 Å². The van der Waals surface area contributed by atoms with Gasteiger partial charge in [-0.1, -0.05) is 41.9 Å². The number of hydrogen-bond acceptors (Lipinski definition) is 4. The molecule has 4 rings (SSSR count). The molecule has 30 heavy (non-hydrogen) atoms. The highest BCUT2D eigenvalue weighted by atomic mass is 35.5. The lowest BCUT2D eigenvalue weighted by Crippen LogP contribution is -2.04. The Morgan fingerprint density at radius 2 is 1.63 bits per heavy atom. The van der Waals surface area contributed by atoms with Crippen molar-refractivity contribution in [3.05, 3.63) is 82.9 Å². The number of aromatic nitrogens is 1. The highest BCUT2D eigenvalue weighted by Gasteiger charge is 2.21. The summed E-state index contributed by atoms with van der Waals surface area (Å²) in [5.41, 5.74) is 1.76. The van der Waals surface area contributed by atoms with Crippen LogP contribution in [0.1, 0.15) is 20.7 Å². The smallest absolute Gasteiger partial charge is 0.339 e. The minimum atomic E-state index is -1.41. The molecule has 1 heterocycles. The number of nitrogens with zero attached hydrogens (tertiary/aromatic N) is 1. The first-order valence-electron chi connectivity index (χ1n) is 8.73. The predicted molar refractivity (Wildman–Crippen MR) is 116 cm³/mol. The quantitative estimate of drug-likeness (QED) is 0.373. The molecule has 6 nitrogen and oxygen atoms in total. The van der Waals surface area contributed by atoms with Crippen molar-refractivity contribution in [2.75, 3.05) is 0 Å². The zero-order valence-corrected chi connectivity index (χ0v) is 16.8. The number of aromatic carboxylic acids is 2. The number of carboxylic acid groups (broad SMARTS) is 2. The summed E-state index contributed by atoms with van der Waals surface area (Å²) in [6, 6.07) is 19.0. The van der Waals surface area contributed by atoms with Crippen molar-refractivity contribution in [2.45, 2.75) is 4.90 Å². The maximum absolute atomic E-state index is 11.5. The van der Waals surface area contributed by atoms with E-state index >= 15 is 0 Å². The SMILES string of the molecule is O=C(O)c1cc(Sn2c(-c3ccccc3)cc3cc(Cl)ccc32)c(O)c(C(=O)O)c1. The molecule has 0 fully saturated rings. The lowest BCUT2D eigenvalue weighted by molar-refractivity contribution is 0.0693. The monoisotopic (exact) mass is 439 g/mol. The summed E-state index contributed by atoms with van der Waals surface area (Å²) in [6.07, 6.45) is 0. The van der Waals surface area contributed by atoms with E-state index in [1.165, 1.54) is 6.07 Å². The molecule has 0 radical (unpaired) electrons. The molecule has 0 atom stereocenters. The molecule has 0 bridgehead atoms. The van der Waals surface area contributed by atoms with Gasteiger partial charge >= 0.3 is 11.9 Å². The van der Waals surface area contributed by atoms with Gasteiger partial charge in [0.25, 0.3) is 0 Å². The minimum Gasteiger partial charge on any atom is -0.506 e. The fourth-order valence-corrected chi connectivity index (χ4v) is 4.41. The van der Waals surface area contributed by atoms with Crippen LogP contribution in [0.25, 0.3) is 22.2 Å². The number of rotatable bonds is 5. The van der Waals surface area contributed by atoms with Gasteiger partial charge in [0.2, 0.25) is 0 Å². The zero-order valence-electron chi connectivity index (χ0n) is 15.2. The van der Waals surface area contributed by atoms with Crippen LogP contribution < -0.4 is 0 Å². The molecule has 150 valence electrons. The van der Waals surface area contributed by atoms with Crippen LogP contribution in [0, 0.1) is 0 Å². The predicted octanol–water partition coefficient (Wildman–Crippen LogP) is 5.62. The summed E-state index contributed by atoms with van der Waals surface area (Å²) in [6.45, 7) is 0. The molecule has 3 N–H and O–H groups in total. The lowest BCUT2D eigenvalue weighted by Gasteiger charge is -2.13. The topological polar surface area (TPSA) is 99.8 Å². The Morgan fingerprint density at radius 3 is 2.30 bits per heavy atom. The number of hydrogen-bond donors (Lipinski definition) is 3. The molecule has 0 saturated carbocycles. The van der Waals surface area contributed by atoms with Crippen molar-refractivity contribution in [3.63, 3.8) is 0 Å². The van der Waals surface area contributed by atoms with Crippen LogP contribution in [0.15, 0.2) is 71.6 Å². The van der Waals surface area contributed by atoms with Crippen molar-refractivity contribution in [3.8, 4) is 17.0 Å². The largest absolute Gasteiger partial charge is 0.506 e. The highest BCUT2D eigenvalue weighted by Crippen LogP contribution is 2.40. The van der Waals surface area contributed by atoms with Gasteiger partial charge in [0.1, 0.15) is 11.3 Å². The molecule has 0 aliphatic carbocycles. The molecule has 1 aromatic heterocycles. The fourth-order valence-electron chi connectivity index (χ4n) is 3.13. The van der Waals surface area contributed by atoms with E-state index in [4.69, 9.17) is 11.6 Å². The van der Waals surface area contributed by atoms with Gasteiger partial charge < -0.3 is 15.3 Å². The second kappa shape index (κ2) is 7.78. The van der Waals surface area contributed by atoms with E-state index in [9.17, 15) is 24.9 Å². The second-order valence-electron chi connectivity index (χ2n) is 6.47. The zero-order chi connectivity index (χ0) is 21.4. The summed E-state index contributed by atoms with van der Waals surface area (Å²) >= 11 is 7.17. The summed E-state index contributed by atoms with van der Waals surface area (Å²) in [5, 5.41) is 30.7. The standard InChI is InChI=1S/C22H14ClNO5S/c23-15-6-7-17-13(8-15)10-18(12-4-2-1-3-5-12)24(17)30-19-11-14(21(26)27)9-16(20(19)25)22(28)29/h1-11,25H,(H,26,27)(H,28,29). The van der Waals surface area contributed by atoms with E-state index < -0.39 is 23.3 Å². The van der Waals surface area contributed by atoms with Crippen LogP contribution in [0.3, 0.4) is 0 Å². The molecule has 0 unspecified atom stereocenters. The third kappa shape index (κ3) is 3.60. The first-order valence-corrected chi connectivity index (χ1v) is 9.88. The molecule has 8 heteroatoms. The van der Waals surface area contributed by atoms with Gasteiger partial charge in [-0.25, -0.2) is 9.59 Å². The fraction of sp³-hybridized carbons (Fsp3) is 0. The first-order chi connectivity index (χ1) is 14.3. The van der Waals surface area contributed by atoms with Gasteiger partial charge in [-0.15, -0.1) is 0 Å². The van der Waals surface area contributed by atoms with Crippen LogP contribution in [0.2, 0.25) is 5.02 Å². The molecule has 0 amide bonds. The van der Waals surface area contributed by atoms with E-state index in [-0.39, 0.29) is 10.5 Å². The Morgan fingerprint density at radius 1 is 0.900 bits per heavy atom. The Hall–Kier alpha value is -3.42. The third-order valence-electron chi connectivity index (χ3n) is 4.53. The summed E-state index contributed by atoms with van der Waals surface area (Å²) in [4.78, 5) is 23.1. The summed E-state index contributed by atoms with van der Waals surface area (Å²) < 4.78 is 1.81. The molecule has 3 aromatic carbocycles. The molecule has 0 aliphatic heterocycles. The van der Waals surface area contributed by atoms with E-state index in [1.807, 2.05) is 46.4 Å². The van der Waals surface area contributed by atoms with Gasteiger partial charge in [-0.3, -0.25) is 3.97 Å². The number of carboxylic acids is 2. The van der Waals surface area contributed by atoms with E-state index in [0.717, 1.165) is 40.2 Å². The van der Waals surface area contributed by atoms with Crippen LogP contribution >= 0.6 is 23.5 Å². The summed E-state index contributed by atoms with van der Waals surface area (Å²) in [5.74, 6) is -3.19.